The number of carbonyl (C=O) groups excluding carboxylic acids is 2. The smallest absolute Gasteiger partial charge is 0.227 e. The number of β-amino-alcohol motifs (C(OH)–C–C–N with tert-alkyl or cyclic N) is 1. The second kappa shape index (κ2) is 8.43. The van der Waals surface area contributed by atoms with Gasteiger partial charge in [-0.3, -0.25) is 9.59 Å². The van der Waals surface area contributed by atoms with Gasteiger partial charge in [0, 0.05) is 30.1 Å². The number of fused-ring (bicyclic) bond motifs is 1. The standard InChI is InChI=1S/C22H23ClN2O4/c23-17-4-2-1-3-14(17)12-22(28)25-10-9-20(19(26)13-25)29-16-6-7-18-15(11-16)5-8-21(27)24-18/h1-4,6-7,11,19-20,26H,5,8-10,12-13H2,(H,24,27)/t19-,20-/m1/s1. The fraction of sp³-hybridized carbons (Fsp3) is 0.364. The number of anilines is 1. The maximum Gasteiger partial charge on any atom is 0.227 e. The SMILES string of the molecule is O=C1CCc2cc(O[C@@H]3CCN(C(=O)Cc4ccccc4Cl)C[C@H]3O)ccc2N1. The molecule has 0 aromatic heterocycles. The average molecular weight is 415 g/mol. The maximum absolute atomic E-state index is 12.6. The van der Waals surface area contributed by atoms with Gasteiger partial charge in [-0.2, -0.15) is 0 Å². The molecule has 2 N–H and O–H groups in total. The number of benzene rings is 2. The van der Waals surface area contributed by atoms with Crippen LogP contribution in [0.15, 0.2) is 42.5 Å². The van der Waals surface area contributed by atoms with Gasteiger partial charge in [-0.1, -0.05) is 29.8 Å². The molecule has 0 bridgehead atoms. The van der Waals surface area contributed by atoms with E-state index in [0.29, 0.717) is 36.6 Å². The first-order chi connectivity index (χ1) is 14.0. The monoisotopic (exact) mass is 414 g/mol. The highest BCUT2D eigenvalue weighted by atomic mass is 35.5. The van der Waals surface area contributed by atoms with Crippen LogP contribution in [0.25, 0.3) is 0 Å². The van der Waals surface area contributed by atoms with Crippen LogP contribution in [0.3, 0.4) is 0 Å². The predicted molar refractivity (Wildman–Crippen MR) is 110 cm³/mol. The van der Waals surface area contributed by atoms with E-state index in [4.69, 9.17) is 16.3 Å². The predicted octanol–water partition coefficient (Wildman–Crippen LogP) is 2.81. The molecule has 0 radical (unpaired) electrons. The van der Waals surface area contributed by atoms with Crippen molar-refractivity contribution in [2.24, 2.45) is 0 Å². The molecule has 2 aliphatic heterocycles. The van der Waals surface area contributed by atoms with E-state index in [1.54, 1.807) is 17.0 Å². The minimum atomic E-state index is -0.769. The molecule has 0 saturated carbocycles. The second-order valence-corrected chi connectivity index (χ2v) is 7.89. The van der Waals surface area contributed by atoms with Gasteiger partial charge in [0.2, 0.25) is 11.8 Å². The summed E-state index contributed by atoms with van der Waals surface area (Å²) >= 11 is 6.14. The summed E-state index contributed by atoms with van der Waals surface area (Å²) < 4.78 is 6.00. The van der Waals surface area contributed by atoms with Gasteiger partial charge in [-0.05, 0) is 41.8 Å². The van der Waals surface area contributed by atoms with Gasteiger partial charge in [0.25, 0.3) is 0 Å². The first-order valence-electron chi connectivity index (χ1n) is 9.78. The number of hydrogen-bond donors (Lipinski definition) is 2. The lowest BCUT2D eigenvalue weighted by Crippen LogP contribution is -2.51. The third kappa shape index (κ3) is 4.54. The van der Waals surface area contributed by atoms with Crippen molar-refractivity contribution in [1.29, 1.82) is 0 Å². The third-order valence-electron chi connectivity index (χ3n) is 5.43. The van der Waals surface area contributed by atoms with E-state index in [9.17, 15) is 14.7 Å². The molecule has 2 aromatic carbocycles. The Hall–Kier alpha value is -2.57. The molecule has 2 aromatic rings. The molecule has 2 aliphatic rings. The first-order valence-corrected chi connectivity index (χ1v) is 10.2. The number of aliphatic hydroxyl groups is 1. The number of likely N-dealkylation sites (tertiary alicyclic amines) is 1. The molecule has 0 spiro atoms. The molecular formula is C22H23ClN2O4. The Bertz CT molecular complexity index is 933. The zero-order valence-corrected chi connectivity index (χ0v) is 16.7. The van der Waals surface area contributed by atoms with Crippen molar-refractivity contribution in [1.82, 2.24) is 4.90 Å². The van der Waals surface area contributed by atoms with Crippen molar-refractivity contribution < 1.29 is 19.4 Å². The molecule has 7 heteroatoms. The van der Waals surface area contributed by atoms with Gasteiger partial charge < -0.3 is 20.1 Å². The number of ether oxygens (including phenoxy) is 1. The Labute approximate surface area is 174 Å². The number of amides is 2. The van der Waals surface area contributed by atoms with Crippen molar-refractivity contribution in [3.8, 4) is 5.75 Å². The van der Waals surface area contributed by atoms with Crippen LogP contribution in [0, 0.1) is 0 Å². The summed E-state index contributed by atoms with van der Waals surface area (Å²) in [7, 11) is 0. The molecule has 0 aliphatic carbocycles. The van der Waals surface area contributed by atoms with Crippen molar-refractivity contribution in [2.45, 2.75) is 37.9 Å². The Balaban J connectivity index is 1.35. The lowest BCUT2D eigenvalue weighted by atomic mass is 10.0. The largest absolute Gasteiger partial charge is 0.488 e. The Morgan fingerprint density at radius 1 is 1.24 bits per heavy atom. The second-order valence-electron chi connectivity index (χ2n) is 7.49. The van der Waals surface area contributed by atoms with Crippen LogP contribution >= 0.6 is 11.6 Å². The normalized spacial score (nSPS) is 21.3. The van der Waals surface area contributed by atoms with Gasteiger partial charge in [-0.15, -0.1) is 0 Å². The minimum absolute atomic E-state index is 0.0235. The quantitative estimate of drug-likeness (QED) is 0.806. The number of piperidine rings is 1. The highest BCUT2D eigenvalue weighted by molar-refractivity contribution is 6.31. The summed E-state index contributed by atoms with van der Waals surface area (Å²) in [4.78, 5) is 25.7. The summed E-state index contributed by atoms with van der Waals surface area (Å²) in [5, 5.41) is 14.0. The summed E-state index contributed by atoms with van der Waals surface area (Å²) in [5.74, 6) is 0.635. The number of nitrogens with one attached hydrogen (secondary N) is 1. The molecule has 6 nitrogen and oxygen atoms in total. The Morgan fingerprint density at radius 3 is 2.86 bits per heavy atom. The van der Waals surface area contributed by atoms with E-state index in [-0.39, 0.29) is 30.9 Å². The summed E-state index contributed by atoms with van der Waals surface area (Å²) in [5.41, 5.74) is 2.63. The van der Waals surface area contributed by atoms with E-state index < -0.39 is 6.10 Å². The zero-order valence-electron chi connectivity index (χ0n) is 15.9. The van der Waals surface area contributed by atoms with E-state index in [2.05, 4.69) is 5.32 Å². The topological polar surface area (TPSA) is 78.9 Å². The number of aliphatic hydroxyl groups excluding tert-OH is 1. The molecule has 152 valence electrons. The van der Waals surface area contributed by atoms with Gasteiger partial charge in [0.1, 0.15) is 18.0 Å². The van der Waals surface area contributed by atoms with Crippen molar-refractivity contribution in [2.75, 3.05) is 18.4 Å². The van der Waals surface area contributed by atoms with Crippen LogP contribution < -0.4 is 10.1 Å². The lowest BCUT2D eigenvalue weighted by Gasteiger charge is -2.36. The van der Waals surface area contributed by atoms with Crippen LogP contribution in [0.4, 0.5) is 5.69 Å². The van der Waals surface area contributed by atoms with Gasteiger partial charge in [-0.25, -0.2) is 0 Å². The summed E-state index contributed by atoms with van der Waals surface area (Å²) in [6.45, 7) is 0.751. The zero-order chi connectivity index (χ0) is 20.4. The van der Waals surface area contributed by atoms with Gasteiger partial charge in [0.15, 0.2) is 0 Å². The van der Waals surface area contributed by atoms with Crippen molar-refractivity contribution in [3.63, 3.8) is 0 Å². The van der Waals surface area contributed by atoms with Crippen LogP contribution in [0.2, 0.25) is 5.02 Å². The van der Waals surface area contributed by atoms with E-state index in [0.717, 1.165) is 16.8 Å². The third-order valence-corrected chi connectivity index (χ3v) is 5.80. The number of nitrogens with zero attached hydrogens (tertiary/aromatic N) is 1. The summed E-state index contributed by atoms with van der Waals surface area (Å²) in [6, 6.07) is 12.8. The molecule has 1 fully saturated rings. The van der Waals surface area contributed by atoms with Crippen LogP contribution in [0.1, 0.15) is 24.0 Å². The number of hydrogen-bond acceptors (Lipinski definition) is 4. The average Bonchev–Trinajstić information content (AvgIpc) is 2.71. The van der Waals surface area contributed by atoms with E-state index in [1.807, 2.05) is 30.3 Å². The van der Waals surface area contributed by atoms with E-state index >= 15 is 0 Å². The molecule has 2 atom stereocenters. The maximum atomic E-state index is 12.6. The number of rotatable bonds is 4. The van der Waals surface area contributed by atoms with Crippen molar-refractivity contribution in [3.05, 3.63) is 58.6 Å². The molecule has 4 rings (SSSR count). The van der Waals surface area contributed by atoms with Gasteiger partial charge >= 0.3 is 0 Å². The minimum Gasteiger partial charge on any atom is -0.488 e. The van der Waals surface area contributed by atoms with Crippen LogP contribution in [-0.4, -0.2) is 47.1 Å². The summed E-state index contributed by atoms with van der Waals surface area (Å²) in [6.07, 6.45) is 0.754. The molecule has 0 unspecified atom stereocenters. The van der Waals surface area contributed by atoms with Gasteiger partial charge in [0.05, 0.1) is 13.0 Å². The molecule has 2 heterocycles. The molecule has 2 amide bonds. The van der Waals surface area contributed by atoms with E-state index in [1.165, 1.54) is 0 Å². The Morgan fingerprint density at radius 2 is 2.07 bits per heavy atom. The Kier molecular flexibility index (Phi) is 5.74. The number of aryl methyl sites for hydroxylation is 1. The van der Waals surface area contributed by atoms with Crippen LogP contribution in [0.5, 0.6) is 5.75 Å². The molecule has 29 heavy (non-hydrogen) atoms. The number of carbonyl (C=O) groups is 2. The molecular weight excluding hydrogens is 392 g/mol. The van der Waals surface area contributed by atoms with Crippen LogP contribution in [-0.2, 0) is 22.4 Å². The molecule has 1 saturated heterocycles. The highest BCUT2D eigenvalue weighted by Crippen LogP contribution is 2.28. The lowest BCUT2D eigenvalue weighted by molar-refractivity contribution is -0.136. The highest BCUT2D eigenvalue weighted by Gasteiger charge is 2.32. The van der Waals surface area contributed by atoms with Crippen molar-refractivity contribution >= 4 is 29.1 Å². The fourth-order valence-electron chi connectivity index (χ4n) is 3.80. The number of halogens is 1. The first kappa shape index (κ1) is 19.7. The fourth-order valence-corrected chi connectivity index (χ4v) is 4.00.